The summed E-state index contributed by atoms with van der Waals surface area (Å²) in [7, 11) is 0. The summed E-state index contributed by atoms with van der Waals surface area (Å²) < 4.78 is 1.78. The Bertz CT molecular complexity index is 326. The number of hydrogen-bond donors (Lipinski definition) is 2. The summed E-state index contributed by atoms with van der Waals surface area (Å²) in [6.45, 7) is 4.58. The molecule has 1 rings (SSSR count). The molecule has 0 aliphatic carbocycles. The van der Waals surface area contributed by atoms with Gasteiger partial charge in [0.1, 0.15) is 0 Å². The molecule has 0 atom stereocenters. The average Bonchev–Trinajstić information content (AvgIpc) is 2.65. The molecule has 1 aromatic heterocycles. The Hall–Kier alpha value is -0.810. The van der Waals surface area contributed by atoms with Gasteiger partial charge in [-0.3, -0.25) is 4.68 Å². The lowest BCUT2D eigenvalue weighted by molar-refractivity contribution is 0.599. The van der Waals surface area contributed by atoms with Crippen molar-refractivity contribution in [3.8, 4) is 0 Å². The van der Waals surface area contributed by atoms with E-state index in [4.69, 9.17) is 23.8 Å². The van der Waals surface area contributed by atoms with Gasteiger partial charge in [-0.1, -0.05) is 24.9 Å². The van der Waals surface area contributed by atoms with Crippen molar-refractivity contribution >= 4 is 28.9 Å². The van der Waals surface area contributed by atoms with Crippen molar-refractivity contribution in [3.63, 3.8) is 0 Å². The molecule has 0 aliphatic heterocycles. The molecular formula is C10H17ClN4S. The zero-order valence-electron chi connectivity index (χ0n) is 9.37. The lowest BCUT2D eigenvalue weighted by Crippen LogP contribution is -2.37. The first kappa shape index (κ1) is 13.3. The monoisotopic (exact) mass is 260 g/mol. The molecule has 2 N–H and O–H groups in total. The van der Waals surface area contributed by atoms with Crippen LogP contribution in [0, 0.1) is 0 Å². The fourth-order valence-electron chi connectivity index (χ4n) is 1.19. The maximum Gasteiger partial charge on any atom is 0.166 e. The highest BCUT2D eigenvalue weighted by atomic mass is 35.5. The smallest absolute Gasteiger partial charge is 0.166 e. The summed E-state index contributed by atoms with van der Waals surface area (Å²) in [4.78, 5) is 0. The van der Waals surface area contributed by atoms with E-state index >= 15 is 0 Å². The highest BCUT2D eigenvalue weighted by Gasteiger charge is 1.96. The lowest BCUT2D eigenvalue weighted by Gasteiger charge is -2.09. The number of thiocarbonyl (C=S) groups is 1. The van der Waals surface area contributed by atoms with Crippen LogP contribution in [0.5, 0.6) is 0 Å². The van der Waals surface area contributed by atoms with E-state index in [0.29, 0.717) is 10.1 Å². The molecular weight excluding hydrogens is 244 g/mol. The fourth-order valence-corrected chi connectivity index (χ4v) is 1.55. The van der Waals surface area contributed by atoms with Gasteiger partial charge in [0.05, 0.1) is 17.8 Å². The minimum atomic E-state index is 0.656. The Morgan fingerprint density at radius 1 is 1.50 bits per heavy atom. The van der Waals surface area contributed by atoms with Crippen LogP contribution >= 0.6 is 23.8 Å². The molecule has 4 nitrogen and oxygen atoms in total. The van der Waals surface area contributed by atoms with Gasteiger partial charge in [-0.2, -0.15) is 5.10 Å². The number of halogens is 1. The van der Waals surface area contributed by atoms with Gasteiger partial charge in [0, 0.05) is 19.3 Å². The molecule has 90 valence electrons. The first-order valence-electron chi connectivity index (χ1n) is 5.42. The summed E-state index contributed by atoms with van der Waals surface area (Å²) in [5.74, 6) is 0. The molecule has 0 saturated heterocycles. The molecule has 0 fully saturated rings. The number of unbranched alkanes of at least 4 members (excludes halogenated alkanes) is 1. The van der Waals surface area contributed by atoms with Gasteiger partial charge in [0.2, 0.25) is 0 Å². The largest absolute Gasteiger partial charge is 0.363 e. The second-order valence-corrected chi connectivity index (χ2v) is 4.30. The van der Waals surface area contributed by atoms with Gasteiger partial charge in [-0.05, 0) is 18.6 Å². The number of hydrogen-bond acceptors (Lipinski definition) is 2. The molecule has 1 heterocycles. The standard InChI is InChI=1S/C10H17ClN4S/c1-2-3-4-12-10(16)13-5-6-15-8-9(11)7-14-15/h7-8H,2-6H2,1H3,(H2,12,13,16). The third-order valence-corrected chi connectivity index (χ3v) is 2.53. The summed E-state index contributed by atoms with van der Waals surface area (Å²) in [5.41, 5.74) is 0. The van der Waals surface area contributed by atoms with E-state index in [1.807, 2.05) is 0 Å². The van der Waals surface area contributed by atoms with Crippen LogP contribution in [-0.2, 0) is 6.54 Å². The number of nitrogens with one attached hydrogen (secondary N) is 2. The van der Waals surface area contributed by atoms with Crippen molar-refractivity contribution in [2.75, 3.05) is 13.1 Å². The van der Waals surface area contributed by atoms with E-state index in [0.717, 1.165) is 26.1 Å². The zero-order valence-corrected chi connectivity index (χ0v) is 10.9. The predicted molar refractivity (Wildman–Crippen MR) is 70.7 cm³/mol. The van der Waals surface area contributed by atoms with Crippen LogP contribution < -0.4 is 10.6 Å². The Morgan fingerprint density at radius 2 is 2.25 bits per heavy atom. The Kier molecular flexibility index (Phi) is 6.18. The second-order valence-electron chi connectivity index (χ2n) is 3.46. The van der Waals surface area contributed by atoms with Crippen molar-refractivity contribution in [3.05, 3.63) is 17.4 Å². The van der Waals surface area contributed by atoms with Crippen LogP contribution in [0.15, 0.2) is 12.4 Å². The molecule has 0 spiro atoms. The van der Waals surface area contributed by atoms with Crippen molar-refractivity contribution in [1.82, 2.24) is 20.4 Å². The molecule has 6 heteroatoms. The van der Waals surface area contributed by atoms with Crippen LogP contribution in [0.2, 0.25) is 5.02 Å². The highest BCUT2D eigenvalue weighted by Crippen LogP contribution is 2.03. The van der Waals surface area contributed by atoms with Gasteiger partial charge < -0.3 is 10.6 Å². The van der Waals surface area contributed by atoms with Crippen LogP contribution in [0.25, 0.3) is 0 Å². The van der Waals surface area contributed by atoms with E-state index in [1.165, 1.54) is 6.42 Å². The Labute approximate surface area is 106 Å². The van der Waals surface area contributed by atoms with Crippen LogP contribution in [-0.4, -0.2) is 28.0 Å². The normalized spacial score (nSPS) is 10.1. The van der Waals surface area contributed by atoms with Gasteiger partial charge in [0.15, 0.2) is 5.11 Å². The number of aromatic nitrogens is 2. The first-order chi connectivity index (χ1) is 7.72. The van der Waals surface area contributed by atoms with Gasteiger partial charge in [-0.25, -0.2) is 0 Å². The molecule has 0 amide bonds. The maximum atomic E-state index is 5.74. The Morgan fingerprint density at radius 3 is 2.88 bits per heavy atom. The fraction of sp³-hybridized carbons (Fsp3) is 0.600. The first-order valence-corrected chi connectivity index (χ1v) is 6.20. The van der Waals surface area contributed by atoms with Gasteiger partial charge in [0.25, 0.3) is 0 Å². The molecule has 0 saturated carbocycles. The van der Waals surface area contributed by atoms with E-state index in [1.54, 1.807) is 17.1 Å². The van der Waals surface area contributed by atoms with Crippen molar-refractivity contribution in [2.45, 2.75) is 26.3 Å². The minimum absolute atomic E-state index is 0.656. The SMILES string of the molecule is CCCCNC(=S)NCCn1cc(Cl)cn1. The molecule has 0 aliphatic rings. The van der Waals surface area contributed by atoms with Crippen molar-refractivity contribution < 1.29 is 0 Å². The van der Waals surface area contributed by atoms with Gasteiger partial charge >= 0.3 is 0 Å². The summed E-state index contributed by atoms with van der Waals surface area (Å²) in [6.07, 6.45) is 5.72. The maximum absolute atomic E-state index is 5.74. The number of nitrogens with zero attached hydrogens (tertiary/aromatic N) is 2. The number of rotatable bonds is 6. The molecule has 0 aromatic carbocycles. The van der Waals surface area contributed by atoms with E-state index < -0.39 is 0 Å². The highest BCUT2D eigenvalue weighted by molar-refractivity contribution is 7.80. The molecule has 1 aromatic rings. The lowest BCUT2D eigenvalue weighted by atomic mass is 10.3. The van der Waals surface area contributed by atoms with E-state index in [-0.39, 0.29) is 0 Å². The van der Waals surface area contributed by atoms with Crippen LogP contribution in [0.1, 0.15) is 19.8 Å². The van der Waals surface area contributed by atoms with Crippen LogP contribution in [0.4, 0.5) is 0 Å². The van der Waals surface area contributed by atoms with Gasteiger partial charge in [-0.15, -0.1) is 0 Å². The van der Waals surface area contributed by atoms with E-state index in [9.17, 15) is 0 Å². The summed E-state index contributed by atoms with van der Waals surface area (Å²) in [6, 6.07) is 0. The third-order valence-electron chi connectivity index (χ3n) is 2.04. The quantitative estimate of drug-likeness (QED) is 0.605. The molecule has 0 bridgehead atoms. The Balaban J connectivity index is 2.08. The zero-order chi connectivity index (χ0) is 11.8. The summed E-state index contributed by atoms with van der Waals surface area (Å²) in [5, 5.41) is 11.7. The third kappa shape index (κ3) is 5.32. The van der Waals surface area contributed by atoms with Crippen LogP contribution in [0.3, 0.4) is 0 Å². The van der Waals surface area contributed by atoms with Crippen molar-refractivity contribution in [2.24, 2.45) is 0 Å². The second kappa shape index (κ2) is 7.46. The predicted octanol–water partition coefficient (Wildman–Crippen LogP) is 1.80. The minimum Gasteiger partial charge on any atom is -0.363 e. The average molecular weight is 261 g/mol. The molecule has 0 unspecified atom stereocenters. The summed E-state index contributed by atoms with van der Waals surface area (Å²) >= 11 is 10.9. The molecule has 16 heavy (non-hydrogen) atoms. The topological polar surface area (TPSA) is 41.9 Å². The molecule has 0 radical (unpaired) electrons. The van der Waals surface area contributed by atoms with Crippen molar-refractivity contribution in [1.29, 1.82) is 0 Å². The van der Waals surface area contributed by atoms with E-state index in [2.05, 4.69) is 22.7 Å².